The van der Waals surface area contributed by atoms with Crippen molar-refractivity contribution in [3.05, 3.63) is 22.2 Å². The molecule has 1 saturated heterocycles. The van der Waals surface area contributed by atoms with Crippen molar-refractivity contribution < 1.29 is 19.2 Å². The van der Waals surface area contributed by atoms with Crippen molar-refractivity contribution in [1.29, 1.82) is 0 Å². The Hall–Kier alpha value is -1.27. The van der Waals surface area contributed by atoms with Gasteiger partial charge in [0.1, 0.15) is 6.54 Å². The molecular formula is C17H26BrN2O3+. The second kappa shape index (κ2) is 8.55. The number of likely N-dealkylation sites (tertiary alicyclic amines) is 1. The zero-order valence-electron chi connectivity index (χ0n) is 13.9. The number of hydrogen-bond acceptors (Lipinski definition) is 3. The number of benzene rings is 1. The molecule has 128 valence electrons. The fourth-order valence-electron chi connectivity index (χ4n) is 3.01. The maximum absolute atomic E-state index is 11.3. The monoisotopic (exact) mass is 385 g/mol. The maximum atomic E-state index is 11.3. The number of quaternary nitrogens is 1. The largest absolute Gasteiger partial charge is 0.490 e. The fraction of sp³-hybridized carbons (Fsp3) is 0.588. The van der Waals surface area contributed by atoms with Crippen LogP contribution in [0.15, 0.2) is 16.6 Å². The van der Waals surface area contributed by atoms with Crippen molar-refractivity contribution in [2.75, 3.05) is 26.3 Å². The van der Waals surface area contributed by atoms with Gasteiger partial charge in [0, 0.05) is 28.8 Å². The van der Waals surface area contributed by atoms with Gasteiger partial charge in [-0.2, -0.15) is 0 Å². The molecule has 6 heteroatoms. The lowest BCUT2D eigenvalue weighted by atomic mass is 9.96. The van der Waals surface area contributed by atoms with E-state index >= 15 is 0 Å². The highest BCUT2D eigenvalue weighted by Gasteiger charge is 2.26. The van der Waals surface area contributed by atoms with E-state index in [1.807, 2.05) is 19.9 Å². The summed E-state index contributed by atoms with van der Waals surface area (Å²) in [4.78, 5) is 12.7. The van der Waals surface area contributed by atoms with E-state index in [-0.39, 0.29) is 11.8 Å². The average Bonchev–Trinajstić information content (AvgIpc) is 2.52. The highest BCUT2D eigenvalue weighted by molar-refractivity contribution is 9.10. The number of carbonyl (C=O) groups excluding carboxylic acids is 1. The smallest absolute Gasteiger partial charge is 0.220 e. The maximum Gasteiger partial charge on any atom is 0.220 e. The Balaban J connectivity index is 2.07. The molecule has 0 spiro atoms. The Morgan fingerprint density at radius 3 is 2.30 bits per heavy atom. The van der Waals surface area contributed by atoms with Gasteiger partial charge in [-0.05, 0) is 26.0 Å². The molecule has 5 nitrogen and oxygen atoms in total. The molecule has 1 aliphatic rings. The van der Waals surface area contributed by atoms with Crippen LogP contribution in [0.4, 0.5) is 0 Å². The average molecular weight is 386 g/mol. The van der Waals surface area contributed by atoms with Gasteiger partial charge < -0.3 is 20.1 Å². The van der Waals surface area contributed by atoms with Crippen LogP contribution in [0.2, 0.25) is 0 Å². The molecule has 1 aliphatic heterocycles. The first-order valence-electron chi connectivity index (χ1n) is 8.26. The van der Waals surface area contributed by atoms with Crippen LogP contribution in [-0.4, -0.2) is 32.2 Å². The molecule has 3 N–H and O–H groups in total. The van der Waals surface area contributed by atoms with Gasteiger partial charge in [0.2, 0.25) is 5.91 Å². The van der Waals surface area contributed by atoms with E-state index in [9.17, 15) is 4.79 Å². The van der Waals surface area contributed by atoms with Crippen LogP contribution >= 0.6 is 15.9 Å². The van der Waals surface area contributed by atoms with Crippen LogP contribution in [0.1, 0.15) is 32.3 Å². The van der Waals surface area contributed by atoms with Crippen LogP contribution in [0.3, 0.4) is 0 Å². The summed E-state index contributed by atoms with van der Waals surface area (Å²) in [6.45, 7) is 7.99. The number of hydrogen-bond donors (Lipinski definition) is 2. The molecule has 0 bridgehead atoms. The molecule has 2 rings (SSSR count). The molecular weight excluding hydrogens is 360 g/mol. The first-order chi connectivity index (χ1) is 11.0. The van der Waals surface area contributed by atoms with E-state index in [4.69, 9.17) is 15.2 Å². The lowest BCUT2D eigenvalue weighted by Gasteiger charge is -2.28. The van der Waals surface area contributed by atoms with Crippen LogP contribution in [0.25, 0.3) is 0 Å². The summed E-state index contributed by atoms with van der Waals surface area (Å²) < 4.78 is 12.4. The van der Waals surface area contributed by atoms with Gasteiger partial charge in [0.05, 0.1) is 26.3 Å². The summed E-state index contributed by atoms with van der Waals surface area (Å²) >= 11 is 3.64. The van der Waals surface area contributed by atoms with E-state index < -0.39 is 0 Å². The summed E-state index contributed by atoms with van der Waals surface area (Å²) in [5.74, 6) is 1.44. The quantitative estimate of drug-likeness (QED) is 0.747. The molecule has 0 atom stereocenters. The third kappa shape index (κ3) is 4.85. The molecule has 0 aliphatic carbocycles. The molecule has 1 aromatic rings. The zero-order chi connectivity index (χ0) is 16.8. The normalized spacial score (nSPS) is 21.0. The summed E-state index contributed by atoms with van der Waals surface area (Å²) in [6, 6.07) is 4.05. The minimum Gasteiger partial charge on any atom is -0.490 e. The van der Waals surface area contributed by atoms with E-state index in [1.54, 1.807) is 0 Å². The molecule has 1 heterocycles. The molecule has 23 heavy (non-hydrogen) atoms. The Labute approximate surface area is 146 Å². The first kappa shape index (κ1) is 18.1. The summed E-state index contributed by atoms with van der Waals surface area (Å²) in [5.41, 5.74) is 6.60. The van der Waals surface area contributed by atoms with Gasteiger partial charge in [-0.25, -0.2) is 0 Å². The van der Waals surface area contributed by atoms with Gasteiger partial charge in [-0.1, -0.05) is 15.9 Å². The topological polar surface area (TPSA) is 66.0 Å². The predicted molar refractivity (Wildman–Crippen MR) is 92.8 cm³/mol. The van der Waals surface area contributed by atoms with E-state index in [1.165, 1.54) is 10.5 Å². The van der Waals surface area contributed by atoms with Crippen molar-refractivity contribution >= 4 is 21.8 Å². The lowest BCUT2D eigenvalue weighted by Crippen LogP contribution is -3.11. The molecule has 1 aromatic carbocycles. The summed E-state index contributed by atoms with van der Waals surface area (Å²) in [7, 11) is 0. The van der Waals surface area contributed by atoms with E-state index in [0.29, 0.717) is 13.2 Å². The predicted octanol–water partition coefficient (Wildman–Crippen LogP) is 1.53. The van der Waals surface area contributed by atoms with Gasteiger partial charge in [-0.3, -0.25) is 4.79 Å². The minimum absolute atomic E-state index is 0.0431. The molecule has 1 amide bonds. The minimum atomic E-state index is -0.162. The van der Waals surface area contributed by atoms with Gasteiger partial charge in [-0.15, -0.1) is 0 Å². The fourth-order valence-corrected chi connectivity index (χ4v) is 3.47. The van der Waals surface area contributed by atoms with E-state index in [2.05, 4.69) is 22.0 Å². The highest BCUT2D eigenvalue weighted by Crippen LogP contribution is 2.33. The van der Waals surface area contributed by atoms with Crippen molar-refractivity contribution in [3.8, 4) is 11.5 Å². The first-order valence-corrected chi connectivity index (χ1v) is 9.05. The summed E-state index contributed by atoms with van der Waals surface area (Å²) in [5, 5.41) is 0. The van der Waals surface area contributed by atoms with Gasteiger partial charge in [0.15, 0.2) is 11.5 Å². The molecule has 0 unspecified atom stereocenters. The van der Waals surface area contributed by atoms with Crippen LogP contribution < -0.4 is 20.1 Å². The van der Waals surface area contributed by atoms with Crippen LogP contribution in [0.5, 0.6) is 11.5 Å². The summed E-state index contributed by atoms with van der Waals surface area (Å²) in [6.07, 6.45) is 1.75. The molecule has 0 aromatic heterocycles. The van der Waals surface area contributed by atoms with Crippen molar-refractivity contribution in [1.82, 2.24) is 0 Å². The van der Waals surface area contributed by atoms with Crippen LogP contribution in [-0.2, 0) is 11.3 Å². The number of halogens is 1. The zero-order valence-corrected chi connectivity index (χ0v) is 15.4. The number of amides is 1. The number of nitrogens with one attached hydrogen (secondary N) is 1. The lowest BCUT2D eigenvalue weighted by molar-refractivity contribution is -0.919. The molecule has 1 fully saturated rings. The van der Waals surface area contributed by atoms with Gasteiger partial charge >= 0.3 is 0 Å². The van der Waals surface area contributed by atoms with Crippen molar-refractivity contribution in [2.45, 2.75) is 33.2 Å². The Bertz CT molecular complexity index is 543. The number of nitrogens with two attached hydrogens (primary N) is 1. The number of rotatable bonds is 7. The molecule has 0 saturated carbocycles. The Morgan fingerprint density at radius 2 is 1.78 bits per heavy atom. The van der Waals surface area contributed by atoms with Crippen LogP contribution in [0, 0.1) is 5.92 Å². The molecule has 0 radical (unpaired) electrons. The number of ether oxygens (including phenoxy) is 2. The second-order valence-electron chi connectivity index (χ2n) is 5.86. The number of primary amides is 1. The third-order valence-electron chi connectivity index (χ3n) is 4.25. The second-order valence-corrected chi connectivity index (χ2v) is 6.71. The van der Waals surface area contributed by atoms with E-state index in [0.717, 1.165) is 48.4 Å². The third-order valence-corrected chi connectivity index (χ3v) is 4.99. The SMILES string of the molecule is CCOc1cc(Br)c(C[NH+]2CCC(C(N)=O)CC2)cc1OCC. The Morgan fingerprint density at radius 1 is 1.22 bits per heavy atom. The van der Waals surface area contributed by atoms with Gasteiger partial charge in [0.25, 0.3) is 0 Å². The number of piperidine rings is 1. The standard InChI is InChI=1S/C17H25BrN2O3/c1-3-22-15-9-13(14(18)10-16(15)23-4-2)11-20-7-5-12(6-8-20)17(19)21/h9-10,12H,3-8,11H2,1-2H3,(H2,19,21)/p+1. The van der Waals surface area contributed by atoms with Crippen molar-refractivity contribution in [3.63, 3.8) is 0 Å². The highest BCUT2D eigenvalue weighted by atomic mass is 79.9. The Kier molecular flexibility index (Phi) is 6.72. The van der Waals surface area contributed by atoms with Crippen molar-refractivity contribution in [2.24, 2.45) is 11.7 Å². The number of carbonyl (C=O) groups is 1.